The van der Waals surface area contributed by atoms with Crippen molar-refractivity contribution in [3.05, 3.63) is 64.7 Å². The molecular formula is C29H35N3O3. The molecule has 0 aromatic heterocycles. The summed E-state index contributed by atoms with van der Waals surface area (Å²) in [5.74, 6) is -0.668. The van der Waals surface area contributed by atoms with Gasteiger partial charge in [-0.2, -0.15) is 0 Å². The van der Waals surface area contributed by atoms with E-state index in [4.69, 9.17) is 4.74 Å². The standard InChI is InChI=1S/C29H35N3O3/c1-3-35-26(33)18-23-22-9-4-5-10-24(22)32(29(23)34)21-12-15-31(16-13-21)25-17-20-8-6-7-19-11-14-30(2)28(25)27(19)20/h4-10,21,23,25,28H,3,11-18H2,1-2H3. The number of carbonyl (C=O) groups is 2. The number of benzene rings is 2. The van der Waals surface area contributed by atoms with Crippen LogP contribution in [0.2, 0.25) is 0 Å². The number of fused-ring (bicyclic) bond motifs is 1. The SMILES string of the molecule is CCOC(=O)CC1C(=O)N(C2CCN(C3Cc4cccc5c4C3N(C)CC5)CC2)c2ccccc21. The Hall–Kier alpha value is -2.70. The molecule has 6 heteroatoms. The van der Waals surface area contributed by atoms with Gasteiger partial charge in [-0.1, -0.05) is 36.4 Å². The van der Waals surface area contributed by atoms with Gasteiger partial charge in [0.05, 0.1) is 25.0 Å². The molecule has 2 aromatic rings. The van der Waals surface area contributed by atoms with Crippen molar-refractivity contribution in [1.82, 2.24) is 9.80 Å². The van der Waals surface area contributed by atoms with Crippen LogP contribution in [0.15, 0.2) is 42.5 Å². The number of carbonyl (C=O) groups excluding carboxylic acids is 2. The second-order valence-electron chi connectivity index (χ2n) is 10.5. The van der Waals surface area contributed by atoms with Crippen molar-refractivity contribution in [1.29, 1.82) is 0 Å². The fourth-order valence-electron chi connectivity index (χ4n) is 7.11. The Balaban J connectivity index is 1.18. The van der Waals surface area contributed by atoms with Crippen LogP contribution in [0.3, 0.4) is 0 Å². The summed E-state index contributed by atoms with van der Waals surface area (Å²) in [6, 6.07) is 16.0. The van der Waals surface area contributed by atoms with Crippen LogP contribution in [0.4, 0.5) is 5.69 Å². The molecule has 6 rings (SSSR count). The van der Waals surface area contributed by atoms with E-state index in [0.717, 1.165) is 56.6 Å². The van der Waals surface area contributed by atoms with Gasteiger partial charge in [0.15, 0.2) is 0 Å². The maximum Gasteiger partial charge on any atom is 0.306 e. The van der Waals surface area contributed by atoms with E-state index in [2.05, 4.69) is 35.0 Å². The van der Waals surface area contributed by atoms with E-state index in [9.17, 15) is 9.59 Å². The van der Waals surface area contributed by atoms with Crippen LogP contribution in [-0.4, -0.2) is 67.0 Å². The van der Waals surface area contributed by atoms with Crippen molar-refractivity contribution in [2.45, 2.75) is 63.1 Å². The molecule has 2 aromatic carbocycles. The van der Waals surface area contributed by atoms with Crippen LogP contribution >= 0.6 is 0 Å². The molecule has 1 fully saturated rings. The summed E-state index contributed by atoms with van der Waals surface area (Å²) in [6.07, 6.45) is 4.31. The minimum Gasteiger partial charge on any atom is -0.466 e. The molecule has 3 heterocycles. The lowest BCUT2D eigenvalue weighted by atomic mass is 9.92. The second-order valence-corrected chi connectivity index (χ2v) is 10.5. The number of nitrogens with zero attached hydrogens (tertiary/aromatic N) is 3. The number of piperidine rings is 1. The Morgan fingerprint density at radius 1 is 1.03 bits per heavy atom. The van der Waals surface area contributed by atoms with Crippen LogP contribution in [-0.2, 0) is 27.2 Å². The molecule has 1 aliphatic carbocycles. The van der Waals surface area contributed by atoms with Gasteiger partial charge < -0.3 is 9.64 Å². The highest BCUT2D eigenvalue weighted by molar-refractivity contribution is 6.06. The van der Waals surface area contributed by atoms with Crippen molar-refractivity contribution in [2.24, 2.45) is 0 Å². The van der Waals surface area contributed by atoms with Gasteiger partial charge in [0.2, 0.25) is 5.91 Å². The number of hydrogen-bond donors (Lipinski definition) is 0. The van der Waals surface area contributed by atoms with Gasteiger partial charge in [-0.3, -0.25) is 19.4 Å². The third-order valence-electron chi connectivity index (χ3n) is 8.70. The first-order valence-electron chi connectivity index (χ1n) is 13.2. The van der Waals surface area contributed by atoms with Crippen molar-refractivity contribution in [3.63, 3.8) is 0 Å². The normalized spacial score (nSPS) is 26.6. The highest BCUT2D eigenvalue weighted by Gasteiger charge is 2.45. The number of anilines is 1. The Morgan fingerprint density at radius 3 is 2.60 bits per heavy atom. The van der Waals surface area contributed by atoms with Crippen molar-refractivity contribution < 1.29 is 14.3 Å². The van der Waals surface area contributed by atoms with E-state index < -0.39 is 5.92 Å². The number of likely N-dealkylation sites (tertiary alicyclic amines) is 1. The van der Waals surface area contributed by atoms with Gasteiger partial charge >= 0.3 is 5.97 Å². The van der Waals surface area contributed by atoms with E-state index in [0.29, 0.717) is 18.7 Å². The fourth-order valence-corrected chi connectivity index (χ4v) is 7.11. The van der Waals surface area contributed by atoms with E-state index in [-0.39, 0.29) is 24.3 Å². The van der Waals surface area contributed by atoms with Crippen molar-refractivity contribution >= 4 is 17.6 Å². The Labute approximate surface area is 207 Å². The summed E-state index contributed by atoms with van der Waals surface area (Å²) in [7, 11) is 2.28. The molecule has 3 atom stereocenters. The number of ether oxygens (including phenoxy) is 1. The quantitative estimate of drug-likeness (QED) is 0.620. The van der Waals surface area contributed by atoms with Gasteiger partial charge in [-0.15, -0.1) is 0 Å². The van der Waals surface area contributed by atoms with Gasteiger partial charge in [0.25, 0.3) is 0 Å². The Bertz CT molecular complexity index is 1140. The highest BCUT2D eigenvalue weighted by atomic mass is 16.5. The Morgan fingerprint density at radius 2 is 1.80 bits per heavy atom. The molecule has 0 spiro atoms. The summed E-state index contributed by atoms with van der Waals surface area (Å²) in [5, 5.41) is 0. The summed E-state index contributed by atoms with van der Waals surface area (Å²) >= 11 is 0. The van der Waals surface area contributed by atoms with Gasteiger partial charge in [0.1, 0.15) is 0 Å². The van der Waals surface area contributed by atoms with Gasteiger partial charge in [-0.25, -0.2) is 0 Å². The van der Waals surface area contributed by atoms with Crippen LogP contribution in [0, 0.1) is 0 Å². The van der Waals surface area contributed by atoms with E-state index in [1.807, 2.05) is 29.2 Å². The molecule has 0 N–H and O–H groups in total. The van der Waals surface area contributed by atoms with Crippen molar-refractivity contribution in [3.8, 4) is 0 Å². The molecule has 0 saturated carbocycles. The number of rotatable bonds is 5. The molecule has 184 valence electrons. The smallest absolute Gasteiger partial charge is 0.306 e. The minimum atomic E-state index is -0.429. The number of amides is 1. The third-order valence-corrected chi connectivity index (χ3v) is 8.70. The maximum atomic E-state index is 13.6. The molecule has 3 aliphatic heterocycles. The predicted octanol–water partition coefficient (Wildman–Crippen LogP) is 3.69. The van der Waals surface area contributed by atoms with Gasteiger partial charge in [-0.05, 0) is 68.0 Å². The zero-order chi connectivity index (χ0) is 24.1. The Kier molecular flexibility index (Phi) is 5.89. The summed E-state index contributed by atoms with van der Waals surface area (Å²) in [6.45, 7) is 5.26. The first-order valence-corrected chi connectivity index (χ1v) is 13.2. The molecule has 35 heavy (non-hydrogen) atoms. The van der Waals surface area contributed by atoms with E-state index in [1.165, 1.54) is 11.1 Å². The average molecular weight is 474 g/mol. The summed E-state index contributed by atoms with van der Waals surface area (Å²) in [4.78, 5) is 33.0. The molecule has 6 nitrogen and oxygen atoms in total. The van der Waals surface area contributed by atoms with Crippen LogP contribution < -0.4 is 4.90 Å². The predicted molar refractivity (Wildman–Crippen MR) is 136 cm³/mol. The lowest BCUT2D eigenvalue weighted by Gasteiger charge is -2.44. The van der Waals surface area contributed by atoms with Crippen LogP contribution in [0.5, 0.6) is 0 Å². The zero-order valence-corrected chi connectivity index (χ0v) is 20.8. The topological polar surface area (TPSA) is 53.1 Å². The maximum absolute atomic E-state index is 13.6. The molecule has 4 aliphatic rings. The first-order chi connectivity index (χ1) is 17.1. The van der Waals surface area contributed by atoms with Crippen molar-refractivity contribution in [2.75, 3.05) is 38.2 Å². The third kappa shape index (κ3) is 3.78. The second kappa shape index (κ2) is 9.07. The summed E-state index contributed by atoms with van der Waals surface area (Å²) in [5.41, 5.74) is 6.59. The molecular weight excluding hydrogens is 438 g/mol. The average Bonchev–Trinajstić information content (AvgIpc) is 3.39. The zero-order valence-electron chi connectivity index (χ0n) is 20.8. The molecule has 0 bridgehead atoms. The van der Waals surface area contributed by atoms with Gasteiger partial charge in [0, 0.05) is 37.4 Å². The van der Waals surface area contributed by atoms with Crippen LogP contribution in [0.25, 0.3) is 0 Å². The molecule has 3 unspecified atom stereocenters. The monoisotopic (exact) mass is 473 g/mol. The summed E-state index contributed by atoms with van der Waals surface area (Å²) < 4.78 is 5.17. The van der Waals surface area contributed by atoms with E-state index in [1.54, 1.807) is 12.5 Å². The highest BCUT2D eigenvalue weighted by Crippen LogP contribution is 2.45. The lowest BCUT2D eigenvalue weighted by Crippen LogP contribution is -2.52. The van der Waals surface area contributed by atoms with E-state index >= 15 is 0 Å². The molecule has 1 amide bonds. The van der Waals surface area contributed by atoms with Crippen LogP contribution in [0.1, 0.15) is 60.4 Å². The lowest BCUT2D eigenvalue weighted by molar-refractivity contribution is -0.144. The molecule has 1 saturated heterocycles. The number of para-hydroxylation sites is 1. The fraction of sp³-hybridized carbons (Fsp3) is 0.517. The first kappa shape index (κ1) is 22.7. The largest absolute Gasteiger partial charge is 0.466 e. The number of esters is 1. The minimum absolute atomic E-state index is 0.0580. The number of hydrogen-bond acceptors (Lipinski definition) is 5. The molecule has 0 radical (unpaired) electrons. The number of likely N-dealkylation sites (N-methyl/N-ethyl adjacent to an activating group) is 1.